The molecule has 3 aromatic rings. The predicted octanol–water partition coefficient (Wildman–Crippen LogP) is 6.48. The summed E-state index contributed by atoms with van der Waals surface area (Å²) in [5.74, 6) is 2.81. The van der Waals surface area contributed by atoms with Gasteiger partial charge in [0.2, 0.25) is 0 Å². The molecule has 0 saturated heterocycles. The van der Waals surface area contributed by atoms with E-state index in [1.165, 1.54) is 36.5 Å². The van der Waals surface area contributed by atoms with Gasteiger partial charge in [0.05, 0.1) is 12.8 Å². The minimum absolute atomic E-state index is 0.0968. The standard InChI is InChI=1S/C26H26FNO2/c1-3-21(16-4-5-16)17-6-7-18-13-26(30-25(18)12-17)24-11-8-19(15-28-24)22-14-20(29-2)9-10-23(22)27/h6-12,14-16,21,26H,3-5,13H2,1-2H3. The highest BCUT2D eigenvalue weighted by atomic mass is 19.1. The molecule has 0 spiro atoms. The van der Waals surface area contributed by atoms with Gasteiger partial charge in [0.25, 0.3) is 0 Å². The normalized spacial score (nSPS) is 18.6. The first kappa shape index (κ1) is 19.1. The van der Waals surface area contributed by atoms with Crippen LogP contribution in [0.2, 0.25) is 0 Å². The Morgan fingerprint density at radius 1 is 1.13 bits per heavy atom. The summed E-state index contributed by atoms with van der Waals surface area (Å²) in [5, 5.41) is 0. The van der Waals surface area contributed by atoms with Crippen molar-refractivity contribution in [3.63, 3.8) is 0 Å². The van der Waals surface area contributed by atoms with Gasteiger partial charge >= 0.3 is 0 Å². The van der Waals surface area contributed by atoms with Gasteiger partial charge in [-0.3, -0.25) is 4.98 Å². The van der Waals surface area contributed by atoms with Gasteiger partial charge in [-0.05, 0) is 72.6 Å². The molecule has 1 saturated carbocycles. The number of hydrogen-bond acceptors (Lipinski definition) is 3. The van der Waals surface area contributed by atoms with Crippen LogP contribution in [0.5, 0.6) is 11.5 Å². The Hall–Kier alpha value is -2.88. The molecular formula is C26H26FNO2. The third-order valence-electron chi connectivity index (χ3n) is 6.43. The summed E-state index contributed by atoms with van der Waals surface area (Å²) in [6.07, 6.45) is 6.31. The van der Waals surface area contributed by atoms with E-state index < -0.39 is 0 Å². The van der Waals surface area contributed by atoms with Crippen LogP contribution in [-0.4, -0.2) is 12.1 Å². The number of fused-ring (bicyclic) bond motifs is 1. The molecule has 5 rings (SSSR count). The summed E-state index contributed by atoms with van der Waals surface area (Å²) in [6, 6.07) is 15.3. The summed E-state index contributed by atoms with van der Waals surface area (Å²) >= 11 is 0. The lowest BCUT2D eigenvalue weighted by molar-refractivity contribution is 0.233. The molecule has 1 aromatic heterocycles. The molecule has 0 N–H and O–H groups in total. The molecule has 1 fully saturated rings. The monoisotopic (exact) mass is 403 g/mol. The van der Waals surface area contributed by atoms with Crippen molar-refractivity contribution in [2.75, 3.05) is 7.11 Å². The van der Waals surface area contributed by atoms with Crippen molar-refractivity contribution >= 4 is 0 Å². The number of ether oxygens (including phenoxy) is 2. The first-order chi connectivity index (χ1) is 14.7. The largest absolute Gasteiger partial charge is 0.497 e. The molecule has 30 heavy (non-hydrogen) atoms. The van der Waals surface area contributed by atoms with Crippen LogP contribution in [0.3, 0.4) is 0 Å². The van der Waals surface area contributed by atoms with E-state index >= 15 is 0 Å². The van der Waals surface area contributed by atoms with E-state index in [-0.39, 0.29) is 11.9 Å². The Balaban J connectivity index is 1.35. The molecular weight excluding hydrogens is 377 g/mol. The lowest BCUT2D eigenvalue weighted by atomic mass is 9.90. The van der Waals surface area contributed by atoms with Gasteiger partial charge in [0.15, 0.2) is 0 Å². The maximum absolute atomic E-state index is 14.3. The summed E-state index contributed by atoms with van der Waals surface area (Å²) < 4.78 is 25.8. The lowest BCUT2D eigenvalue weighted by Crippen LogP contribution is -2.05. The molecule has 4 heteroatoms. The third-order valence-corrected chi connectivity index (χ3v) is 6.43. The SMILES string of the molecule is CCC(c1ccc2c(c1)OC(c1ccc(-c3cc(OC)ccc3F)cn1)C2)C1CC1. The number of rotatable bonds is 6. The molecule has 1 aliphatic heterocycles. The summed E-state index contributed by atoms with van der Waals surface area (Å²) in [6.45, 7) is 2.27. The van der Waals surface area contributed by atoms with E-state index in [1.807, 2.05) is 12.1 Å². The highest BCUT2D eigenvalue weighted by Gasteiger charge is 2.32. The van der Waals surface area contributed by atoms with Gasteiger partial charge in [-0.2, -0.15) is 0 Å². The number of benzene rings is 2. The smallest absolute Gasteiger partial charge is 0.145 e. The fourth-order valence-corrected chi connectivity index (χ4v) is 4.59. The van der Waals surface area contributed by atoms with Crippen molar-refractivity contribution in [3.05, 3.63) is 77.4 Å². The molecule has 0 bridgehead atoms. The van der Waals surface area contributed by atoms with Gasteiger partial charge < -0.3 is 9.47 Å². The molecule has 2 aromatic carbocycles. The topological polar surface area (TPSA) is 31.4 Å². The predicted molar refractivity (Wildman–Crippen MR) is 115 cm³/mol. The number of methoxy groups -OCH3 is 1. The van der Waals surface area contributed by atoms with E-state index in [1.54, 1.807) is 25.4 Å². The number of nitrogens with zero attached hydrogens (tertiary/aromatic N) is 1. The third kappa shape index (κ3) is 3.55. The maximum atomic E-state index is 14.3. The van der Waals surface area contributed by atoms with Gasteiger partial charge in [-0.15, -0.1) is 0 Å². The molecule has 2 heterocycles. The molecule has 0 amide bonds. The molecule has 0 radical (unpaired) electrons. The number of pyridine rings is 1. The second-order valence-electron chi connectivity index (χ2n) is 8.35. The van der Waals surface area contributed by atoms with Crippen molar-refractivity contribution < 1.29 is 13.9 Å². The average molecular weight is 403 g/mol. The van der Waals surface area contributed by atoms with Crippen molar-refractivity contribution in [1.82, 2.24) is 4.98 Å². The molecule has 2 aliphatic rings. The lowest BCUT2D eigenvalue weighted by Gasteiger charge is -2.15. The van der Waals surface area contributed by atoms with Crippen LogP contribution >= 0.6 is 0 Å². The van der Waals surface area contributed by atoms with E-state index in [0.717, 1.165) is 29.3 Å². The zero-order valence-corrected chi connectivity index (χ0v) is 17.4. The van der Waals surface area contributed by atoms with Crippen molar-refractivity contribution in [3.8, 4) is 22.6 Å². The Labute approximate surface area is 176 Å². The van der Waals surface area contributed by atoms with Crippen LogP contribution in [0.1, 0.15) is 55.0 Å². The molecule has 2 atom stereocenters. The van der Waals surface area contributed by atoms with Crippen LogP contribution in [0.4, 0.5) is 4.39 Å². The van der Waals surface area contributed by atoms with Gasteiger partial charge in [-0.25, -0.2) is 4.39 Å². The molecule has 154 valence electrons. The fraction of sp³-hybridized carbons (Fsp3) is 0.346. The van der Waals surface area contributed by atoms with Crippen LogP contribution in [0, 0.1) is 11.7 Å². The van der Waals surface area contributed by atoms with E-state index in [0.29, 0.717) is 17.2 Å². The van der Waals surface area contributed by atoms with Crippen LogP contribution in [0.25, 0.3) is 11.1 Å². The Bertz CT molecular complexity index is 1060. The summed E-state index contributed by atoms with van der Waals surface area (Å²) in [4.78, 5) is 4.60. The van der Waals surface area contributed by atoms with E-state index in [2.05, 4.69) is 30.1 Å². The number of aromatic nitrogens is 1. The second kappa shape index (κ2) is 7.75. The maximum Gasteiger partial charge on any atom is 0.145 e. The highest BCUT2D eigenvalue weighted by Crippen LogP contribution is 2.46. The van der Waals surface area contributed by atoms with Gasteiger partial charge in [0.1, 0.15) is 23.4 Å². The Morgan fingerprint density at radius 2 is 2.00 bits per heavy atom. The fourth-order valence-electron chi connectivity index (χ4n) is 4.59. The summed E-state index contributed by atoms with van der Waals surface area (Å²) in [5.41, 5.74) is 4.71. The zero-order chi connectivity index (χ0) is 20.7. The number of hydrogen-bond donors (Lipinski definition) is 0. The Morgan fingerprint density at radius 3 is 2.70 bits per heavy atom. The Kier molecular flexibility index (Phi) is 4.93. The van der Waals surface area contributed by atoms with Gasteiger partial charge in [0, 0.05) is 23.7 Å². The van der Waals surface area contributed by atoms with Crippen LogP contribution in [0.15, 0.2) is 54.7 Å². The highest BCUT2D eigenvalue weighted by molar-refractivity contribution is 5.65. The number of halogens is 1. The van der Waals surface area contributed by atoms with E-state index in [9.17, 15) is 4.39 Å². The molecule has 1 aliphatic carbocycles. The zero-order valence-electron chi connectivity index (χ0n) is 17.4. The minimum Gasteiger partial charge on any atom is -0.497 e. The van der Waals surface area contributed by atoms with Crippen molar-refractivity contribution in [1.29, 1.82) is 0 Å². The van der Waals surface area contributed by atoms with Crippen molar-refractivity contribution in [2.45, 2.75) is 44.6 Å². The first-order valence-corrected chi connectivity index (χ1v) is 10.8. The molecule has 2 unspecified atom stereocenters. The van der Waals surface area contributed by atoms with Crippen LogP contribution < -0.4 is 9.47 Å². The van der Waals surface area contributed by atoms with Crippen molar-refractivity contribution in [2.24, 2.45) is 5.92 Å². The van der Waals surface area contributed by atoms with E-state index in [4.69, 9.17) is 9.47 Å². The van der Waals surface area contributed by atoms with Gasteiger partial charge in [-0.1, -0.05) is 25.1 Å². The second-order valence-corrected chi connectivity index (χ2v) is 8.35. The molecule has 3 nitrogen and oxygen atoms in total. The quantitative estimate of drug-likeness (QED) is 0.472. The first-order valence-electron chi connectivity index (χ1n) is 10.8. The summed E-state index contributed by atoms with van der Waals surface area (Å²) in [7, 11) is 1.58. The van der Waals surface area contributed by atoms with Crippen LogP contribution in [-0.2, 0) is 6.42 Å². The minimum atomic E-state index is -0.288. The average Bonchev–Trinajstić information content (AvgIpc) is 3.52.